The molecular formula is C19H24N2O6. The predicted molar refractivity (Wildman–Crippen MR) is 97.9 cm³/mol. The summed E-state index contributed by atoms with van der Waals surface area (Å²) in [4.78, 5) is 27.1. The average Bonchev–Trinajstić information content (AvgIpc) is 2.66. The van der Waals surface area contributed by atoms with Crippen molar-refractivity contribution < 1.29 is 28.9 Å². The van der Waals surface area contributed by atoms with E-state index in [4.69, 9.17) is 19.3 Å². The van der Waals surface area contributed by atoms with Crippen LogP contribution in [0.5, 0.6) is 11.5 Å². The number of carboxylic acid groups (broad SMARTS) is 1. The molecular weight excluding hydrogens is 352 g/mol. The Bertz CT molecular complexity index is 748. The summed E-state index contributed by atoms with van der Waals surface area (Å²) in [5.41, 5.74) is 1.39. The highest BCUT2D eigenvalue weighted by Gasteiger charge is 2.28. The highest BCUT2D eigenvalue weighted by Crippen LogP contribution is 2.30. The lowest BCUT2D eigenvalue weighted by molar-refractivity contribution is -0.140. The first-order chi connectivity index (χ1) is 13.0. The highest BCUT2D eigenvalue weighted by molar-refractivity contribution is 5.99. The van der Waals surface area contributed by atoms with Crippen LogP contribution in [0, 0.1) is 0 Å². The van der Waals surface area contributed by atoms with Crippen LogP contribution in [-0.4, -0.2) is 86.4 Å². The van der Waals surface area contributed by atoms with Gasteiger partial charge in [-0.25, -0.2) is 0 Å². The van der Waals surface area contributed by atoms with E-state index in [1.54, 1.807) is 24.0 Å². The number of likely N-dealkylation sites (N-methyl/N-ethyl adjacent to an activating group) is 1. The van der Waals surface area contributed by atoms with Crippen molar-refractivity contribution in [1.82, 2.24) is 9.80 Å². The average molecular weight is 376 g/mol. The SMILES string of the molecule is COc1ccc2c(c1)C=C(C(=O)N1CCO[C@H](CN(C)CC(=O)O)C1)CO2. The molecule has 0 spiro atoms. The Morgan fingerprint density at radius 2 is 2.22 bits per heavy atom. The fraction of sp³-hybridized carbons (Fsp3) is 0.474. The third-order valence-electron chi connectivity index (χ3n) is 4.55. The second-order valence-corrected chi connectivity index (χ2v) is 6.70. The fourth-order valence-electron chi connectivity index (χ4n) is 3.27. The smallest absolute Gasteiger partial charge is 0.317 e. The van der Waals surface area contributed by atoms with Gasteiger partial charge in [-0.3, -0.25) is 14.5 Å². The molecule has 2 aliphatic rings. The molecule has 8 heteroatoms. The highest BCUT2D eigenvalue weighted by atomic mass is 16.5. The number of fused-ring (bicyclic) bond motifs is 1. The Morgan fingerprint density at radius 1 is 1.41 bits per heavy atom. The van der Waals surface area contributed by atoms with Gasteiger partial charge in [0.25, 0.3) is 5.91 Å². The zero-order valence-corrected chi connectivity index (χ0v) is 15.5. The topological polar surface area (TPSA) is 88.5 Å². The van der Waals surface area contributed by atoms with E-state index in [2.05, 4.69) is 0 Å². The van der Waals surface area contributed by atoms with Gasteiger partial charge < -0.3 is 24.2 Å². The first-order valence-corrected chi connectivity index (χ1v) is 8.79. The Balaban J connectivity index is 1.66. The molecule has 146 valence electrons. The lowest BCUT2D eigenvalue weighted by Crippen LogP contribution is -2.50. The number of aliphatic carboxylic acids is 1. The van der Waals surface area contributed by atoms with Crippen molar-refractivity contribution in [1.29, 1.82) is 0 Å². The maximum Gasteiger partial charge on any atom is 0.317 e. The van der Waals surface area contributed by atoms with Crippen LogP contribution >= 0.6 is 0 Å². The van der Waals surface area contributed by atoms with E-state index in [9.17, 15) is 9.59 Å². The third kappa shape index (κ3) is 4.78. The first-order valence-electron chi connectivity index (χ1n) is 8.79. The molecule has 3 rings (SSSR count). The standard InChI is InChI=1S/C19H24N2O6/c1-20(11-18(22)23)9-16-10-21(5-6-26-16)19(24)14-7-13-8-15(25-2)3-4-17(13)27-12-14/h3-4,7-8,16H,5-6,9-12H2,1-2H3,(H,22,23)/t16-/m1/s1. The van der Waals surface area contributed by atoms with E-state index in [1.807, 2.05) is 24.3 Å². The van der Waals surface area contributed by atoms with E-state index < -0.39 is 5.97 Å². The Hall–Kier alpha value is -2.58. The third-order valence-corrected chi connectivity index (χ3v) is 4.55. The summed E-state index contributed by atoms with van der Waals surface area (Å²) in [5, 5.41) is 8.86. The molecule has 1 atom stereocenters. The predicted octanol–water partition coefficient (Wildman–Crippen LogP) is 0.715. The van der Waals surface area contributed by atoms with E-state index >= 15 is 0 Å². The Morgan fingerprint density at radius 3 is 2.96 bits per heavy atom. The molecule has 2 heterocycles. The summed E-state index contributed by atoms with van der Waals surface area (Å²) in [5.74, 6) is 0.454. The van der Waals surface area contributed by atoms with Crippen molar-refractivity contribution in [3.8, 4) is 11.5 Å². The van der Waals surface area contributed by atoms with E-state index in [-0.39, 0.29) is 25.2 Å². The lowest BCUT2D eigenvalue weighted by atomic mass is 10.1. The number of benzene rings is 1. The first kappa shape index (κ1) is 19.2. The molecule has 1 amide bonds. The van der Waals surface area contributed by atoms with Gasteiger partial charge in [0.2, 0.25) is 0 Å². The minimum atomic E-state index is -0.889. The van der Waals surface area contributed by atoms with Crippen LogP contribution in [0.2, 0.25) is 0 Å². The lowest BCUT2D eigenvalue weighted by Gasteiger charge is -2.35. The summed E-state index contributed by atoms with van der Waals surface area (Å²) in [6, 6.07) is 5.49. The van der Waals surface area contributed by atoms with Crippen molar-refractivity contribution in [3.63, 3.8) is 0 Å². The molecule has 0 aromatic heterocycles. The van der Waals surface area contributed by atoms with Crippen molar-refractivity contribution in [2.45, 2.75) is 6.10 Å². The second-order valence-electron chi connectivity index (χ2n) is 6.70. The molecule has 1 aromatic rings. The number of morpholine rings is 1. The minimum Gasteiger partial charge on any atom is -0.497 e. The molecule has 0 saturated carbocycles. The number of carbonyl (C=O) groups excluding carboxylic acids is 1. The molecule has 0 radical (unpaired) electrons. The van der Waals surface area contributed by atoms with Crippen molar-refractivity contribution in [2.75, 3.05) is 53.6 Å². The molecule has 1 saturated heterocycles. The van der Waals surface area contributed by atoms with E-state index in [0.29, 0.717) is 37.6 Å². The van der Waals surface area contributed by atoms with Crippen LogP contribution in [0.3, 0.4) is 0 Å². The fourth-order valence-corrected chi connectivity index (χ4v) is 3.27. The van der Waals surface area contributed by atoms with Gasteiger partial charge in [-0.1, -0.05) is 0 Å². The van der Waals surface area contributed by atoms with Gasteiger partial charge in [0.15, 0.2) is 0 Å². The minimum absolute atomic E-state index is 0.0641. The molecule has 0 unspecified atom stereocenters. The number of methoxy groups -OCH3 is 1. The molecule has 0 bridgehead atoms. The summed E-state index contributed by atoms with van der Waals surface area (Å²) in [6.45, 7) is 1.96. The molecule has 0 aliphatic carbocycles. The summed E-state index contributed by atoms with van der Waals surface area (Å²) >= 11 is 0. The van der Waals surface area contributed by atoms with Crippen LogP contribution in [0.25, 0.3) is 6.08 Å². The van der Waals surface area contributed by atoms with Gasteiger partial charge in [-0.2, -0.15) is 0 Å². The van der Waals surface area contributed by atoms with Gasteiger partial charge in [-0.05, 0) is 31.3 Å². The molecule has 2 aliphatic heterocycles. The zero-order valence-electron chi connectivity index (χ0n) is 15.5. The van der Waals surface area contributed by atoms with Crippen LogP contribution < -0.4 is 9.47 Å². The number of hydrogen-bond acceptors (Lipinski definition) is 6. The van der Waals surface area contributed by atoms with Crippen LogP contribution in [0.4, 0.5) is 0 Å². The van der Waals surface area contributed by atoms with Gasteiger partial charge >= 0.3 is 5.97 Å². The number of amides is 1. The number of hydrogen-bond donors (Lipinski definition) is 1. The van der Waals surface area contributed by atoms with Crippen LogP contribution in [0.15, 0.2) is 23.8 Å². The maximum absolute atomic E-state index is 12.9. The van der Waals surface area contributed by atoms with Gasteiger partial charge in [0, 0.05) is 25.2 Å². The zero-order chi connectivity index (χ0) is 19.4. The number of rotatable bonds is 6. The van der Waals surface area contributed by atoms with Crippen LogP contribution in [-0.2, 0) is 14.3 Å². The summed E-state index contributed by atoms with van der Waals surface area (Å²) < 4.78 is 16.6. The van der Waals surface area contributed by atoms with Crippen molar-refractivity contribution in [2.24, 2.45) is 0 Å². The molecule has 8 nitrogen and oxygen atoms in total. The van der Waals surface area contributed by atoms with Gasteiger partial charge in [0.05, 0.1) is 31.9 Å². The number of carboxylic acids is 1. The quantitative estimate of drug-likeness (QED) is 0.782. The van der Waals surface area contributed by atoms with E-state index in [0.717, 1.165) is 11.3 Å². The van der Waals surface area contributed by atoms with Crippen LogP contribution in [0.1, 0.15) is 5.56 Å². The summed E-state index contributed by atoms with van der Waals surface area (Å²) in [6.07, 6.45) is 1.62. The maximum atomic E-state index is 12.9. The largest absolute Gasteiger partial charge is 0.497 e. The Kier molecular flexibility index (Phi) is 5.98. The van der Waals surface area contributed by atoms with Gasteiger partial charge in [-0.15, -0.1) is 0 Å². The molecule has 1 fully saturated rings. The summed E-state index contributed by atoms with van der Waals surface area (Å²) in [7, 11) is 3.32. The van der Waals surface area contributed by atoms with Gasteiger partial charge in [0.1, 0.15) is 18.1 Å². The van der Waals surface area contributed by atoms with Crippen molar-refractivity contribution >= 4 is 18.0 Å². The monoisotopic (exact) mass is 376 g/mol. The number of nitrogens with zero attached hydrogens (tertiary/aromatic N) is 2. The number of ether oxygens (including phenoxy) is 3. The number of carbonyl (C=O) groups is 2. The van der Waals surface area contributed by atoms with E-state index in [1.165, 1.54) is 0 Å². The second kappa shape index (κ2) is 8.41. The molecule has 1 N–H and O–H groups in total. The molecule has 27 heavy (non-hydrogen) atoms. The molecule has 1 aromatic carbocycles. The Labute approximate surface area is 157 Å². The van der Waals surface area contributed by atoms with Crippen molar-refractivity contribution in [3.05, 3.63) is 29.3 Å². The normalized spacial score (nSPS) is 19.1.